The third-order valence-corrected chi connectivity index (χ3v) is 7.26. The maximum Gasteiger partial charge on any atom is 0.231 e. The molecule has 5 rings (SSSR count). The first-order valence-corrected chi connectivity index (χ1v) is 12.3. The van der Waals surface area contributed by atoms with Crippen molar-refractivity contribution in [3.05, 3.63) is 59.2 Å². The minimum atomic E-state index is 0.307. The van der Waals surface area contributed by atoms with E-state index in [0.717, 1.165) is 70.2 Å². The highest BCUT2D eigenvalue weighted by Gasteiger charge is 2.30. The fraction of sp³-hybridized carbons (Fsp3) is 0.519. The number of ether oxygens (including phenoxy) is 2. The van der Waals surface area contributed by atoms with Crippen molar-refractivity contribution in [3.63, 3.8) is 0 Å². The Morgan fingerprint density at radius 2 is 1.70 bits per heavy atom. The van der Waals surface area contributed by atoms with E-state index in [1.807, 2.05) is 6.07 Å². The Kier molecular flexibility index (Phi) is 6.83. The molecule has 0 spiro atoms. The standard InChI is InChI=1S/C27H35N3O3/c1-21-4-6-22(7-5-21)9-11-27(31)30-12-2-3-24(19-30)29-15-13-28(14-16-29)18-23-8-10-25-26(17-23)33-20-32-25/h4-8,10,17,24H,2-3,9,11-16,18-20H2,1H3/t24-/m0/s1. The van der Waals surface area contributed by atoms with Crippen LogP contribution in [0.3, 0.4) is 0 Å². The lowest BCUT2D eigenvalue weighted by Crippen LogP contribution is -2.55. The third kappa shape index (κ3) is 5.50. The summed E-state index contributed by atoms with van der Waals surface area (Å²) in [5.41, 5.74) is 3.79. The van der Waals surface area contributed by atoms with Gasteiger partial charge in [0.05, 0.1) is 0 Å². The summed E-state index contributed by atoms with van der Waals surface area (Å²) in [6.45, 7) is 9.42. The fourth-order valence-corrected chi connectivity index (χ4v) is 5.23. The van der Waals surface area contributed by atoms with Crippen LogP contribution in [0, 0.1) is 6.92 Å². The predicted molar refractivity (Wildman–Crippen MR) is 129 cm³/mol. The summed E-state index contributed by atoms with van der Waals surface area (Å²) in [4.78, 5) is 20.1. The van der Waals surface area contributed by atoms with Crippen LogP contribution in [-0.2, 0) is 17.8 Å². The number of carbonyl (C=O) groups excluding carboxylic acids is 1. The molecule has 0 aliphatic carbocycles. The molecule has 6 nitrogen and oxygen atoms in total. The summed E-state index contributed by atoms with van der Waals surface area (Å²) < 4.78 is 10.9. The Balaban J connectivity index is 1.08. The average Bonchev–Trinajstić information content (AvgIpc) is 3.32. The molecule has 2 aromatic rings. The van der Waals surface area contributed by atoms with Crippen molar-refractivity contribution in [2.24, 2.45) is 0 Å². The molecule has 0 radical (unpaired) electrons. The normalized spacial score (nSPS) is 21.4. The van der Waals surface area contributed by atoms with Gasteiger partial charge in [0, 0.05) is 58.3 Å². The van der Waals surface area contributed by atoms with Crippen LogP contribution in [0.1, 0.15) is 36.0 Å². The van der Waals surface area contributed by atoms with Crippen LogP contribution in [0.25, 0.3) is 0 Å². The highest BCUT2D eigenvalue weighted by molar-refractivity contribution is 5.76. The summed E-state index contributed by atoms with van der Waals surface area (Å²) in [5.74, 6) is 2.01. The predicted octanol–water partition coefficient (Wildman–Crippen LogP) is 3.47. The first-order chi connectivity index (χ1) is 16.1. The first-order valence-electron chi connectivity index (χ1n) is 12.3. The van der Waals surface area contributed by atoms with Gasteiger partial charge in [-0.1, -0.05) is 35.9 Å². The van der Waals surface area contributed by atoms with Crippen molar-refractivity contribution >= 4 is 5.91 Å². The second kappa shape index (κ2) is 10.1. The molecular formula is C27H35N3O3. The van der Waals surface area contributed by atoms with Gasteiger partial charge in [0.2, 0.25) is 12.7 Å². The van der Waals surface area contributed by atoms with Crippen LogP contribution in [0.4, 0.5) is 0 Å². The molecule has 2 saturated heterocycles. The maximum absolute atomic E-state index is 12.9. The van der Waals surface area contributed by atoms with Crippen LogP contribution in [0.2, 0.25) is 0 Å². The molecule has 1 amide bonds. The van der Waals surface area contributed by atoms with Crippen LogP contribution in [0.15, 0.2) is 42.5 Å². The van der Waals surface area contributed by atoms with E-state index < -0.39 is 0 Å². The van der Waals surface area contributed by atoms with Crippen molar-refractivity contribution in [1.82, 2.24) is 14.7 Å². The monoisotopic (exact) mass is 449 g/mol. The zero-order chi connectivity index (χ0) is 22.6. The molecule has 3 aliphatic heterocycles. The topological polar surface area (TPSA) is 45.3 Å². The quantitative estimate of drug-likeness (QED) is 0.676. The first kappa shape index (κ1) is 22.2. The molecule has 3 heterocycles. The molecule has 33 heavy (non-hydrogen) atoms. The van der Waals surface area contributed by atoms with Gasteiger partial charge in [-0.25, -0.2) is 0 Å². The molecule has 176 valence electrons. The van der Waals surface area contributed by atoms with E-state index in [-0.39, 0.29) is 0 Å². The van der Waals surface area contributed by atoms with Crippen LogP contribution in [0.5, 0.6) is 11.5 Å². The van der Waals surface area contributed by atoms with Crippen LogP contribution >= 0.6 is 0 Å². The van der Waals surface area contributed by atoms with Gasteiger partial charge in [0.1, 0.15) is 0 Å². The van der Waals surface area contributed by atoms with Gasteiger partial charge in [0.15, 0.2) is 11.5 Å². The highest BCUT2D eigenvalue weighted by Crippen LogP contribution is 2.33. The van der Waals surface area contributed by atoms with Crippen LogP contribution < -0.4 is 9.47 Å². The number of rotatable bonds is 6. The van der Waals surface area contributed by atoms with Crippen LogP contribution in [-0.4, -0.2) is 72.7 Å². The number of benzene rings is 2. The largest absolute Gasteiger partial charge is 0.454 e. The summed E-state index contributed by atoms with van der Waals surface area (Å²) in [7, 11) is 0. The molecule has 2 fully saturated rings. The third-order valence-electron chi connectivity index (χ3n) is 7.26. The molecular weight excluding hydrogens is 414 g/mol. The summed E-state index contributed by atoms with van der Waals surface area (Å²) in [6.07, 6.45) is 3.75. The number of piperidine rings is 1. The molecule has 6 heteroatoms. The second-order valence-electron chi connectivity index (χ2n) is 9.62. The maximum atomic E-state index is 12.9. The molecule has 0 saturated carbocycles. The van der Waals surface area contributed by atoms with Gasteiger partial charge in [-0.2, -0.15) is 0 Å². The van der Waals surface area contributed by atoms with E-state index in [1.165, 1.54) is 23.1 Å². The summed E-state index contributed by atoms with van der Waals surface area (Å²) in [6, 6.07) is 15.3. The average molecular weight is 450 g/mol. The Morgan fingerprint density at radius 1 is 0.939 bits per heavy atom. The van der Waals surface area contributed by atoms with Gasteiger partial charge in [-0.3, -0.25) is 14.6 Å². The molecule has 0 bridgehead atoms. The van der Waals surface area contributed by atoms with Gasteiger partial charge < -0.3 is 14.4 Å². The van der Waals surface area contributed by atoms with E-state index in [0.29, 0.717) is 25.2 Å². The minimum Gasteiger partial charge on any atom is -0.454 e. The lowest BCUT2D eigenvalue weighted by molar-refractivity contribution is -0.133. The lowest BCUT2D eigenvalue weighted by Gasteiger charge is -2.43. The number of amides is 1. The number of nitrogens with zero attached hydrogens (tertiary/aromatic N) is 3. The SMILES string of the molecule is Cc1ccc(CCC(=O)N2CCC[C@H](N3CCN(Cc4ccc5c(c4)OCO5)CC3)C2)cc1. The van der Waals surface area contributed by atoms with Gasteiger partial charge in [0.25, 0.3) is 0 Å². The molecule has 0 aromatic heterocycles. The van der Waals surface area contributed by atoms with E-state index in [2.05, 4.69) is 58.0 Å². The Hall–Kier alpha value is -2.57. The zero-order valence-corrected chi connectivity index (χ0v) is 19.7. The van der Waals surface area contributed by atoms with Crippen molar-refractivity contribution in [3.8, 4) is 11.5 Å². The minimum absolute atomic E-state index is 0.307. The van der Waals surface area contributed by atoms with Gasteiger partial charge in [-0.15, -0.1) is 0 Å². The van der Waals surface area contributed by atoms with E-state index in [4.69, 9.17) is 9.47 Å². The number of hydrogen-bond acceptors (Lipinski definition) is 5. The van der Waals surface area contributed by atoms with Crippen molar-refractivity contribution in [1.29, 1.82) is 0 Å². The van der Waals surface area contributed by atoms with Crippen molar-refractivity contribution in [2.45, 2.75) is 45.2 Å². The lowest BCUT2D eigenvalue weighted by atomic mass is 10.0. The molecule has 0 N–H and O–H groups in total. The molecule has 0 unspecified atom stereocenters. The number of hydrogen-bond donors (Lipinski definition) is 0. The van der Waals surface area contributed by atoms with E-state index in [1.54, 1.807) is 0 Å². The highest BCUT2D eigenvalue weighted by atomic mass is 16.7. The number of fused-ring (bicyclic) bond motifs is 1. The molecule has 2 aromatic carbocycles. The summed E-state index contributed by atoms with van der Waals surface area (Å²) in [5, 5.41) is 0. The van der Waals surface area contributed by atoms with E-state index >= 15 is 0 Å². The van der Waals surface area contributed by atoms with Crippen molar-refractivity contribution < 1.29 is 14.3 Å². The Morgan fingerprint density at radius 3 is 2.52 bits per heavy atom. The molecule has 3 aliphatic rings. The van der Waals surface area contributed by atoms with Gasteiger partial charge in [-0.05, 0) is 49.4 Å². The number of piperazine rings is 1. The van der Waals surface area contributed by atoms with E-state index in [9.17, 15) is 4.79 Å². The number of carbonyl (C=O) groups is 1. The zero-order valence-electron chi connectivity index (χ0n) is 19.7. The Bertz CT molecular complexity index is 954. The fourth-order valence-electron chi connectivity index (χ4n) is 5.23. The summed E-state index contributed by atoms with van der Waals surface area (Å²) >= 11 is 0. The second-order valence-corrected chi connectivity index (χ2v) is 9.62. The van der Waals surface area contributed by atoms with Crippen molar-refractivity contribution in [2.75, 3.05) is 46.1 Å². The molecule has 1 atom stereocenters. The number of likely N-dealkylation sites (tertiary alicyclic amines) is 1. The Labute approximate surface area is 197 Å². The smallest absolute Gasteiger partial charge is 0.231 e. The van der Waals surface area contributed by atoms with Gasteiger partial charge >= 0.3 is 0 Å². The number of aryl methyl sites for hydroxylation is 2.